The second kappa shape index (κ2) is 4.03. The Balaban J connectivity index is 2.11. The van der Waals surface area contributed by atoms with E-state index in [1.807, 2.05) is 54.6 Å². The number of rotatable bonds is 1. The Labute approximate surface area is 113 Å². The van der Waals surface area contributed by atoms with Crippen LogP contribution in [0.3, 0.4) is 0 Å². The molecule has 4 aromatic rings. The van der Waals surface area contributed by atoms with Crippen molar-refractivity contribution in [2.75, 3.05) is 0 Å². The number of fused-ring (bicyclic) bond motifs is 3. The minimum Gasteiger partial charge on any atom is -0.289 e. The Bertz CT molecular complexity index is 969. The van der Waals surface area contributed by atoms with Crippen molar-refractivity contribution in [2.24, 2.45) is 0 Å². The average molecular weight is 262 g/mol. The zero-order valence-electron chi connectivity index (χ0n) is 10.4. The number of benzene rings is 2. The summed E-state index contributed by atoms with van der Waals surface area (Å²) >= 11 is 0. The summed E-state index contributed by atoms with van der Waals surface area (Å²) in [5.74, 6) is 0.455. The van der Waals surface area contributed by atoms with Crippen molar-refractivity contribution in [3.8, 4) is 11.3 Å². The van der Waals surface area contributed by atoms with Crippen LogP contribution in [-0.2, 0) is 0 Å². The highest BCUT2D eigenvalue weighted by Gasteiger charge is 2.10. The van der Waals surface area contributed by atoms with Gasteiger partial charge in [-0.25, -0.2) is 4.98 Å². The number of aromatic nitrogens is 4. The van der Waals surface area contributed by atoms with E-state index in [0.29, 0.717) is 11.5 Å². The summed E-state index contributed by atoms with van der Waals surface area (Å²) in [4.78, 5) is 19.3. The Morgan fingerprint density at radius 3 is 2.55 bits per heavy atom. The van der Waals surface area contributed by atoms with Gasteiger partial charge in [0.2, 0.25) is 5.78 Å². The monoisotopic (exact) mass is 262 g/mol. The van der Waals surface area contributed by atoms with Gasteiger partial charge in [-0.2, -0.15) is 9.61 Å². The smallest absolute Gasteiger partial charge is 0.279 e. The molecule has 0 fully saturated rings. The number of nitrogens with one attached hydrogen (secondary N) is 1. The maximum absolute atomic E-state index is 12.1. The maximum atomic E-state index is 12.1. The molecule has 0 aliphatic heterocycles. The molecule has 0 saturated carbocycles. The van der Waals surface area contributed by atoms with Gasteiger partial charge in [0, 0.05) is 5.56 Å². The number of hydrogen-bond acceptors (Lipinski definition) is 3. The maximum Gasteiger partial charge on any atom is 0.279 e. The number of H-pyrrole nitrogens is 1. The minimum absolute atomic E-state index is 0.237. The lowest BCUT2D eigenvalue weighted by Gasteiger charge is -2.00. The number of imidazole rings is 1. The quantitative estimate of drug-likeness (QED) is 0.572. The van der Waals surface area contributed by atoms with Gasteiger partial charge in [-0.1, -0.05) is 42.5 Å². The van der Waals surface area contributed by atoms with Crippen LogP contribution in [0.5, 0.6) is 0 Å². The molecule has 0 atom stereocenters. The molecule has 4 rings (SSSR count). The summed E-state index contributed by atoms with van der Waals surface area (Å²) in [5, 5.41) is 4.44. The van der Waals surface area contributed by atoms with E-state index in [9.17, 15) is 4.79 Å². The van der Waals surface area contributed by atoms with Crippen LogP contribution in [0.25, 0.3) is 28.1 Å². The largest absolute Gasteiger partial charge is 0.289 e. The minimum atomic E-state index is -0.237. The summed E-state index contributed by atoms with van der Waals surface area (Å²) in [6.07, 6.45) is 0. The van der Waals surface area contributed by atoms with Crippen LogP contribution >= 0.6 is 0 Å². The van der Waals surface area contributed by atoms with Gasteiger partial charge in [0.05, 0.1) is 11.0 Å². The molecule has 1 N–H and O–H groups in total. The van der Waals surface area contributed by atoms with Gasteiger partial charge in [-0.3, -0.25) is 9.78 Å². The number of para-hydroxylation sites is 2. The molecule has 0 amide bonds. The molecule has 5 nitrogen and oxygen atoms in total. The highest BCUT2D eigenvalue weighted by molar-refractivity contribution is 5.79. The van der Waals surface area contributed by atoms with Gasteiger partial charge < -0.3 is 0 Å². The van der Waals surface area contributed by atoms with Gasteiger partial charge in [0.15, 0.2) is 5.69 Å². The van der Waals surface area contributed by atoms with Crippen molar-refractivity contribution in [3.63, 3.8) is 0 Å². The van der Waals surface area contributed by atoms with E-state index in [2.05, 4.69) is 15.1 Å². The SMILES string of the molecule is O=c1[nH]c2nc3ccccc3n2nc1-c1ccccc1. The summed E-state index contributed by atoms with van der Waals surface area (Å²) in [7, 11) is 0. The molecule has 96 valence electrons. The molecule has 0 radical (unpaired) electrons. The molecule has 2 aromatic carbocycles. The molecule has 0 bridgehead atoms. The van der Waals surface area contributed by atoms with E-state index >= 15 is 0 Å². The molecule has 2 aromatic heterocycles. The molecular weight excluding hydrogens is 252 g/mol. The van der Waals surface area contributed by atoms with Crippen molar-refractivity contribution in [3.05, 3.63) is 65.0 Å². The summed E-state index contributed by atoms with van der Waals surface area (Å²) in [5.41, 5.74) is 2.62. The fraction of sp³-hybridized carbons (Fsp3) is 0. The fourth-order valence-corrected chi connectivity index (χ4v) is 2.29. The van der Waals surface area contributed by atoms with E-state index in [-0.39, 0.29) is 5.56 Å². The first-order valence-electron chi connectivity index (χ1n) is 6.26. The van der Waals surface area contributed by atoms with Gasteiger partial charge in [0.25, 0.3) is 5.56 Å². The molecule has 0 spiro atoms. The van der Waals surface area contributed by atoms with E-state index < -0.39 is 0 Å². The van der Waals surface area contributed by atoms with Crippen LogP contribution in [0, 0.1) is 0 Å². The molecule has 20 heavy (non-hydrogen) atoms. The summed E-state index contributed by atoms with van der Waals surface area (Å²) < 4.78 is 1.67. The predicted molar refractivity (Wildman–Crippen MR) is 76.5 cm³/mol. The Morgan fingerprint density at radius 1 is 0.950 bits per heavy atom. The lowest BCUT2D eigenvalue weighted by Crippen LogP contribution is -2.15. The second-order valence-electron chi connectivity index (χ2n) is 4.50. The van der Waals surface area contributed by atoms with Crippen molar-refractivity contribution >= 4 is 16.8 Å². The first kappa shape index (κ1) is 10.9. The number of hydrogen-bond donors (Lipinski definition) is 1. The number of aromatic amines is 1. The molecule has 0 aliphatic rings. The van der Waals surface area contributed by atoms with Crippen LogP contribution in [-0.4, -0.2) is 19.6 Å². The molecular formula is C15H10N4O. The Hall–Kier alpha value is -2.95. The zero-order valence-corrected chi connectivity index (χ0v) is 10.4. The first-order chi connectivity index (χ1) is 9.83. The molecule has 0 unspecified atom stereocenters. The van der Waals surface area contributed by atoms with Crippen molar-refractivity contribution in [1.29, 1.82) is 0 Å². The fourth-order valence-electron chi connectivity index (χ4n) is 2.29. The average Bonchev–Trinajstić information content (AvgIpc) is 2.84. The van der Waals surface area contributed by atoms with E-state index in [1.165, 1.54) is 0 Å². The normalized spacial score (nSPS) is 11.2. The Morgan fingerprint density at radius 2 is 1.70 bits per heavy atom. The van der Waals surface area contributed by atoms with Crippen LogP contribution in [0.4, 0.5) is 0 Å². The zero-order chi connectivity index (χ0) is 13.5. The Kier molecular flexibility index (Phi) is 2.20. The molecule has 0 saturated heterocycles. The van der Waals surface area contributed by atoms with E-state index in [4.69, 9.17) is 0 Å². The molecule has 0 aliphatic carbocycles. The van der Waals surface area contributed by atoms with Crippen LogP contribution < -0.4 is 5.56 Å². The van der Waals surface area contributed by atoms with Gasteiger partial charge in [-0.15, -0.1) is 0 Å². The van der Waals surface area contributed by atoms with Crippen molar-refractivity contribution in [2.45, 2.75) is 0 Å². The third kappa shape index (κ3) is 1.53. The van der Waals surface area contributed by atoms with Crippen LogP contribution in [0.2, 0.25) is 0 Å². The summed E-state index contributed by atoms with van der Waals surface area (Å²) in [6.45, 7) is 0. The second-order valence-corrected chi connectivity index (χ2v) is 4.50. The third-order valence-corrected chi connectivity index (χ3v) is 3.22. The molecule has 2 heterocycles. The lowest BCUT2D eigenvalue weighted by molar-refractivity contribution is 0.918. The van der Waals surface area contributed by atoms with Crippen molar-refractivity contribution in [1.82, 2.24) is 19.6 Å². The molecule has 5 heteroatoms. The van der Waals surface area contributed by atoms with Crippen molar-refractivity contribution < 1.29 is 0 Å². The first-order valence-corrected chi connectivity index (χ1v) is 6.26. The lowest BCUT2D eigenvalue weighted by atomic mass is 10.2. The third-order valence-electron chi connectivity index (χ3n) is 3.22. The topological polar surface area (TPSA) is 63.0 Å². The number of nitrogens with zero attached hydrogens (tertiary/aromatic N) is 3. The van der Waals surface area contributed by atoms with Crippen LogP contribution in [0.1, 0.15) is 0 Å². The van der Waals surface area contributed by atoms with Crippen LogP contribution in [0.15, 0.2) is 59.4 Å². The van der Waals surface area contributed by atoms with Gasteiger partial charge in [-0.05, 0) is 12.1 Å². The highest BCUT2D eigenvalue weighted by Crippen LogP contribution is 2.16. The summed E-state index contributed by atoms with van der Waals surface area (Å²) in [6, 6.07) is 17.0. The van der Waals surface area contributed by atoms with Gasteiger partial charge in [0.1, 0.15) is 0 Å². The van der Waals surface area contributed by atoms with E-state index in [0.717, 1.165) is 16.6 Å². The predicted octanol–water partition coefficient (Wildman–Crippen LogP) is 2.24. The highest BCUT2D eigenvalue weighted by atomic mass is 16.1. The standard InChI is InChI=1S/C15H10N4O/c20-14-13(10-6-2-1-3-7-10)18-19-12-9-5-4-8-11(12)16-15(19)17-14/h1-9H,(H,16,17,20). The van der Waals surface area contributed by atoms with E-state index in [1.54, 1.807) is 4.52 Å². The van der Waals surface area contributed by atoms with Gasteiger partial charge >= 0.3 is 0 Å².